The maximum absolute atomic E-state index is 13.0. The predicted molar refractivity (Wildman–Crippen MR) is 109 cm³/mol. The van der Waals surface area contributed by atoms with Gasteiger partial charge in [0.15, 0.2) is 0 Å². The van der Waals surface area contributed by atoms with Gasteiger partial charge in [0.25, 0.3) is 5.91 Å². The summed E-state index contributed by atoms with van der Waals surface area (Å²) in [7, 11) is 3.16. The van der Waals surface area contributed by atoms with Crippen molar-refractivity contribution in [3.8, 4) is 11.5 Å². The molecule has 3 aromatic rings. The fraction of sp³-hybridized carbons (Fsp3) is 0.190. The first kappa shape index (κ1) is 19.2. The topological polar surface area (TPSA) is 76.6 Å². The molecule has 0 radical (unpaired) electrons. The third kappa shape index (κ3) is 4.20. The molecule has 0 unspecified atom stereocenters. The Bertz CT molecular complexity index is 947. The van der Waals surface area contributed by atoms with E-state index in [-0.39, 0.29) is 5.91 Å². The summed E-state index contributed by atoms with van der Waals surface area (Å²) >= 11 is 0. The smallest absolute Gasteiger partial charge is 0.277 e. The summed E-state index contributed by atoms with van der Waals surface area (Å²) < 4.78 is 10.6. The number of nitrogens with one attached hydrogen (secondary N) is 1. The highest BCUT2D eigenvalue weighted by atomic mass is 16.5. The van der Waals surface area contributed by atoms with Crippen molar-refractivity contribution in [2.75, 3.05) is 31.0 Å². The Morgan fingerprint density at radius 2 is 1.86 bits per heavy atom. The number of ether oxygens (including phenoxy) is 2. The molecule has 1 aromatic heterocycles. The Balaban J connectivity index is 1.87. The van der Waals surface area contributed by atoms with Gasteiger partial charge in [0, 0.05) is 24.5 Å². The molecule has 144 valence electrons. The van der Waals surface area contributed by atoms with E-state index in [9.17, 15) is 4.79 Å². The summed E-state index contributed by atoms with van der Waals surface area (Å²) in [6, 6.07) is 16.4. The van der Waals surface area contributed by atoms with Crippen LogP contribution in [0, 0.1) is 0 Å². The molecular weight excluding hydrogens is 356 g/mol. The number of anilines is 3. The highest BCUT2D eigenvalue weighted by molar-refractivity contribution is 6.04. The van der Waals surface area contributed by atoms with Crippen LogP contribution in [0.3, 0.4) is 0 Å². The summed E-state index contributed by atoms with van der Waals surface area (Å²) in [4.78, 5) is 23.2. The maximum atomic E-state index is 13.0. The lowest BCUT2D eigenvalue weighted by molar-refractivity contribution is 0.0983. The van der Waals surface area contributed by atoms with Crippen molar-refractivity contribution in [1.29, 1.82) is 0 Å². The van der Waals surface area contributed by atoms with Gasteiger partial charge in [-0.1, -0.05) is 18.2 Å². The minimum Gasteiger partial charge on any atom is -0.497 e. The van der Waals surface area contributed by atoms with Gasteiger partial charge in [-0.2, -0.15) is 0 Å². The van der Waals surface area contributed by atoms with Gasteiger partial charge in [-0.3, -0.25) is 4.79 Å². The van der Waals surface area contributed by atoms with Crippen molar-refractivity contribution in [3.63, 3.8) is 0 Å². The van der Waals surface area contributed by atoms with Crippen LogP contribution < -0.4 is 19.7 Å². The highest BCUT2D eigenvalue weighted by Gasteiger charge is 2.18. The third-order valence-corrected chi connectivity index (χ3v) is 4.16. The molecule has 0 saturated heterocycles. The van der Waals surface area contributed by atoms with Crippen LogP contribution in [0.1, 0.15) is 17.4 Å². The van der Waals surface area contributed by atoms with Gasteiger partial charge in [-0.05, 0) is 37.3 Å². The van der Waals surface area contributed by atoms with Crippen LogP contribution in [0.2, 0.25) is 0 Å². The summed E-state index contributed by atoms with van der Waals surface area (Å²) in [5.74, 6) is 1.37. The molecule has 0 atom stereocenters. The van der Waals surface area contributed by atoms with Crippen molar-refractivity contribution in [1.82, 2.24) is 9.97 Å². The Hall–Kier alpha value is -3.61. The number of methoxy groups -OCH3 is 2. The standard InChI is InChI=1S/C21H22N4O3/c1-4-25(15-8-6-5-7-9-15)20(26)17-12-13-22-21(23-17)24-18-14-16(27-2)10-11-19(18)28-3/h5-14H,4H2,1-3H3,(H,22,23,24). The summed E-state index contributed by atoms with van der Waals surface area (Å²) in [6.07, 6.45) is 1.55. The monoisotopic (exact) mass is 378 g/mol. The minimum absolute atomic E-state index is 0.197. The van der Waals surface area contributed by atoms with Crippen molar-refractivity contribution in [3.05, 3.63) is 66.5 Å². The molecule has 7 nitrogen and oxygen atoms in total. The van der Waals surface area contributed by atoms with Crippen molar-refractivity contribution in [2.24, 2.45) is 0 Å². The number of hydrogen-bond donors (Lipinski definition) is 1. The zero-order chi connectivity index (χ0) is 19.9. The summed E-state index contributed by atoms with van der Waals surface area (Å²) in [6.45, 7) is 2.45. The van der Waals surface area contributed by atoms with E-state index < -0.39 is 0 Å². The van der Waals surface area contributed by atoms with Crippen LogP contribution in [-0.2, 0) is 0 Å². The number of amides is 1. The quantitative estimate of drug-likeness (QED) is 0.672. The molecule has 0 aliphatic carbocycles. The molecule has 0 saturated carbocycles. The average Bonchev–Trinajstić information content (AvgIpc) is 2.75. The van der Waals surface area contributed by atoms with E-state index in [0.29, 0.717) is 35.4 Å². The normalized spacial score (nSPS) is 10.2. The summed E-state index contributed by atoms with van der Waals surface area (Å²) in [5, 5.41) is 3.09. The van der Waals surface area contributed by atoms with Crippen LogP contribution >= 0.6 is 0 Å². The highest BCUT2D eigenvalue weighted by Crippen LogP contribution is 2.30. The zero-order valence-electron chi connectivity index (χ0n) is 16.0. The average molecular weight is 378 g/mol. The van der Waals surface area contributed by atoms with Crippen molar-refractivity contribution < 1.29 is 14.3 Å². The number of rotatable bonds is 7. The van der Waals surface area contributed by atoms with Gasteiger partial charge in [0.2, 0.25) is 5.95 Å². The number of para-hydroxylation sites is 1. The molecule has 7 heteroatoms. The van der Waals surface area contributed by atoms with Crippen LogP contribution in [0.5, 0.6) is 11.5 Å². The number of carbonyl (C=O) groups is 1. The van der Waals surface area contributed by atoms with Crippen LogP contribution in [-0.4, -0.2) is 36.6 Å². The number of nitrogens with zero attached hydrogens (tertiary/aromatic N) is 3. The fourth-order valence-electron chi connectivity index (χ4n) is 2.76. The van der Waals surface area contributed by atoms with Crippen LogP contribution in [0.4, 0.5) is 17.3 Å². The molecule has 0 spiro atoms. The number of aromatic nitrogens is 2. The Kier molecular flexibility index (Phi) is 6.06. The van der Waals surface area contributed by atoms with Gasteiger partial charge in [-0.15, -0.1) is 0 Å². The lowest BCUT2D eigenvalue weighted by Gasteiger charge is -2.20. The van der Waals surface area contributed by atoms with Gasteiger partial charge in [0.05, 0.1) is 19.9 Å². The number of benzene rings is 2. The third-order valence-electron chi connectivity index (χ3n) is 4.16. The molecule has 0 bridgehead atoms. The first-order chi connectivity index (χ1) is 13.7. The van der Waals surface area contributed by atoms with E-state index in [0.717, 1.165) is 5.69 Å². The van der Waals surface area contributed by atoms with E-state index >= 15 is 0 Å². The van der Waals surface area contributed by atoms with Crippen LogP contribution in [0.15, 0.2) is 60.8 Å². The number of hydrogen-bond acceptors (Lipinski definition) is 6. The second kappa shape index (κ2) is 8.85. The molecule has 0 fully saturated rings. The zero-order valence-corrected chi connectivity index (χ0v) is 16.0. The fourth-order valence-corrected chi connectivity index (χ4v) is 2.76. The molecule has 3 rings (SSSR count). The Labute approximate surface area is 164 Å². The molecule has 0 aliphatic heterocycles. The Morgan fingerprint density at radius 1 is 1.07 bits per heavy atom. The van der Waals surface area contributed by atoms with E-state index in [2.05, 4.69) is 15.3 Å². The molecule has 28 heavy (non-hydrogen) atoms. The Morgan fingerprint density at radius 3 is 2.54 bits per heavy atom. The van der Waals surface area contributed by atoms with Gasteiger partial charge >= 0.3 is 0 Å². The van der Waals surface area contributed by atoms with E-state index in [1.807, 2.05) is 37.3 Å². The van der Waals surface area contributed by atoms with Crippen molar-refractivity contribution >= 4 is 23.2 Å². The van der Waals surface area contributed by atoms with Gasteiger partial charge < -0.3 is 19.7 Å². The second-order valence-electron chi connectivity index (χ2n) is 5.84. The molecule has 1 amide bonds. The molecular formula is C21H22N4O3. The first-order valence-corrected chi connectivity index (χ1v) is 8.85. The van der Waals surface area contributed by atoms with E-state index in [4.69, 9.17) is 9.47 Å². The lowest BCUT2D eigenvalue weighted by atomic mass is 10.2. The maximum Gasteiger partial charge on any atom is 0.277 e. The van der Waals surface area contributed by atoms with E-state index in [1.165, 1.54) is 0 Å². The largest absolute Gasteiger partial charge is 0.497 e. The SMILES string of the molecule is CCN(C(=O)c1ccnc(Nc2cc(OC)ccc2OC)n1)c1ccccc1. The van der Waals surface area contributed by atoms with Crippen molar-refractivity contribution in [2.45, 2.75) is 6.92 Å². The van der Waals surface area contributed by atoms with Gasteiger partial charge in [0.1, 0.15) is 17.2 Å². The molecule has 0 aliphatic rings. The molecule has 2 aromatic carbocycles. The number of carbonyl (C=O) groups excluding carboxylic acids is 1. The predicted octanol–water partition coefficient (Wildman–Crippen LogP) is 3.90. The first-order valence-electron chi connectivity index (χ1n) is 8.85. The lowest BCUT2D eigenvalue weighted by Crippen LogP contribution is -2.31. The summed E-state index contributed by atoms with van der Waals surface area (Å²) in [5.41, 5.74) is 1.75. The molecule has 1 heterocycles. The van der Waals surface area contributed by atoms with E-state index in [1.54, 1.807) is 49.6 Å². The second-order valence-corrected chi connectivity index (χ2v) is 5.84. The van der Waals surface area contributed by atoms with Gasteiger partial charge in [-0.25, -0.2) is 9.97 Å². The minimum atomic E-state index is -0.197. The van der Waals surface area contributed by atoms with Crippen LogP contribution in [0.25, 0.3) is 0 Å². The molecule has 1 N–H and O–H groups in total.